The van der Waals surface area contributed by atoms with Gasteiger partial charge in [0.25, 0.3) is 5.91 Å². The molecule has 1 atom stereocenters. The van der Waals surface area contributed by atoms with Gasteiger partial charge in [-0.1, -0.05) is 0 Å². The molecule has 1 unspecified atom stereocenters. The maximum absolute atomic E-state index is 12.4. The van der Waals surface area contributed by atoms with Crippen LogP contribution in [0.1, 0.15) is 12.6 Å². The van der Waals surface area contributed by atoms with Gasteiger partial charge in [-0.15, -0.1) is 11.3 Å². The van der Waals surface area contributed by atoms with Crippen LogP contribution in [0.4, 0.5) is 5.69 Å². The van der Waals surface area contributed by atoms with Crippen LogP contribution in [-0.4, -0.2) is 44.0 Å². The number of carbonyl (C=O) groups excluding carboxylic acids is 2. The van der Waals surface area contributed by atoms with Gasteiger partial charge in [0, 0.05) is 22.7 Å². The Morgan fingerprint density at radius 1 is 1.09 bits per heavy atom. The van der Waals surface area contributed by atoms with Crippen LogP contribution >= 0.6 is 11.3 Å². The lowest BCUT2D eigenvalue weighted by atomic mass is 10.2. The molecule has 172 valence electrons. The topological polar surface area (TPSA) is 105 Å². The average Bonchev–Trinajstić information content (AvgIpc) is 3.47. The van der Waals surface area contributed by atoms with Crippen molar-refractivity contribution in [3.8, 4) is 33.6 Å². The van der Waals surface area contributed by atoms with Crippen molar-refractivity contribution in [2.24, 2.45) is 0 Å². The molecule has 1 aliphatic heterocycles. The third-order valence-electron chi connectivity index (χ3n) is 4.83. The third-order valence-corrected chi connectivity index (χ3v) is 5.77. The van der Waals surface area contributed by atoms with Gasteiger partial charge in [0.1, 0.15) is 5.01 Å². The minimum Gasteiger partial charge on any atom is -0.493 e. The molecule has 1 amide bonds. The summed E-state index contributed by atoms with van der Waals surface area (Å²) in [5, 5.41) is 5.21. The highest BCUT2D eigenvalue weighted by Crippen LogP contribution is 2.35. The Morgan fingerprint density at radius 3 is 2.67 bits per heavy atom. The normalized spacial score (nSPS) is 12.7. The molecule has 3 aromatic rings. The summed E-state index contributed by atoms with van der Waals surface area (Å²) in [4.78, 5) is 29.3. The van der Waals surface area contributed by atoms with Gasteiger partial charge in [0.15, 0.2) is 29.1 Å². The molecule has 9 nitrogen and oxygen atoms in total. The van der Waals surface area contributed by atoms with E-state index in [1.165, 1.54) is 18.3 Å². The summed E-state index contributed by atoms with van der Waals surface area (Å²) in [5.41, 5.74) is 1.91. The molecule has 1 aromatic heterocycles. The van der Waals surface area contributed by atoms with Crippen LogP contribution in [0.15, 0.2) is 41.8 Å². The fourth-order valence-corrected chi connectivity index (χ4v) is 3.97. The highest BCUT2D eigenvalue weighted by Gasteiger charge is 2.21. The molecule has 0 spiro atoms. The number of carbonyl (C=O) groups is 2. The molecule has 0 aliphatic carbocycles. The Balaban J connectivity index is 1.33. The minimum atomic E-state index is -0.980. The fraction of sp³-hybridized carbons (Fsp3) is 0.261. The lowest BCUT2D eigenvalue weighted by Gasteiger charge is -2.13. The zero-order chi connectivity index (χ0) is 23.4. The Bertz CT molecular complexity index is 1180. The number of nitrogens with one attached hydrogen (secondary N) is 1. The van der Waals surface area contributed by atoms with Gasteiger partial charge >= 0.3 is 5.97 Å². The van der Waals surface area contributed by atoms with E-state index >= 15 is 0 Å². The first kappa shape index (κ1) is 22.4. The molecular weight excluding hydrogens is 448 g/mol. The zero-order valence-corrected chi connectivity index (χ0v) is 19.1. The number of benzene rings is 2. The summed E-state index contributed by atoms with van der Waals surface area (Å²) in [6, 6.07) is 10.5. The van der Waals surface area contributed by atoms with Gasteiger partial charge in [0.05, 0.1) is 26.3 Å². The number of hydrogen-bond acceptors (Lipinski definition) is 9. The van der Waals surface area contributed by atoms with Crippen LogP contribution in [0.2, 0.25) is 0 Å². The Hall–Kier alpha value is -3.79. The smallest absolute Gasteiger partial charge is 0.312 e. The van der Waals surface area contributed by atoms with E-state index in [1.54, 1.807) is 43.9 Å². The molecule has 0 fully saturated rings. The summed E-state index contributed by atoms with van der Waals surface area (Å²) in [7, 11) is 3.13. The summed E-state index contributed by atoms with van der Waals surface area (Å²) in [5.74, 6) is 1.37. The summed E-state index contributed by atoms with van der Waals surface area (Å²) >= 11 is 1.40. The van der Waals surface area contributed by atoms with Crippen LogP contribution in [0.3, 0.4) is 0 Å². The van der Waals surface area contributed by atoms with Gasteiger partial charge in [0.2, 0.25) is 6.79 Å². The Morgan fingerprint density at radius 2 is 1.88 bits per heavy atom. The first-order chi connectivity index (χ1) is 16.0. The van der Waals surface area contributed by atoms with Crippen molar-refractivity contribution in [1.82, 2.24) is 4.98 Å². The van der Waals surface area contributed by atoms with Crippen LogP contribution in [0, 0.1) is 0 Å². The number of hydrogen-bond donors (Lipinski definition) is 1. The Labute approximate surface area is 194 Å². The fourth-order valence-electron chi connectivity index (χ4n) is 3.15. The molecule has 0 saturated carbocycles. The molecule has 0 bridgehead atoms. The van der Waals surface area contributed by atoms with Gasteiger partial charge in [-0.3, -0.25) is 9.59 Å². The highest BCUT2D eigenvalue weighted by molar-refractivity contribution is 7.13. The van der Waals surface area contributed by atoms with Crippen molar-refractivity contribution in [2.45, 2.75) is 19.4 Å². The van der Waals surface area contributed by atoms with Crippen molar-refractivity contribution < 1.29 is 33.3 Å². The van der Waals surface area contributed by atoms with Crippen LogP contribution in [-0.2, 0) is 20.7 Å². The van der Waals surface area contributed by atoms with E-state index in [2.05, 4.69) is 10.3 Å². The monoisotopic (exact) mass is 470 g/mol. The standard InChI is InChI=1S/C23H22N2O7S/c1-13(22(27)24-15-5-7-18-20(9-15)31-12-30-18)32-21(26)10-16-11-33-23(25-16)14-4-6-17(28-2)19(8-14)29-3/h4-9,11,13H,10,12H2,1-3H3,(H,24,27). The lowest BCUT2D eigenvalue weighted by molar-refractivity contribution is -0.152. The second-order valence-corrected chi connectivity index (χ2v) is 7.94. The van der Waals surface area contributed by atoms with Crippen LogP contribution < -0.4 is 24.3 Å². The second-order valence-electron chi connectivity index (χ2n) is 7.08. The first-order valence-electron chi connectivity index (χ1n) is 10.0. The number of aromatic nitrogens is 1. The van der Waals surface area contributed by atoms with E-state index in [0.29, 0.717) is 34.4 Å². The number of methoxy groups -OCH3 is 2. The summed E-state index contributed by atoms with van der Waals surface area (Å²) in [6.45, 7) is 1.65. The van der Waals surface area contributed by atoms with E-state index in [0.717, 1.165) is 10.6 Å². The SMILES string of the molecule is COc1ccc(-c2nc(CC(=O)OC(C)C(=O)Nc3ccc4c(c3)OCO4)cs2)cc1OC. The number of ether oxygens (including phenoxy) is 5. The van der Waals surface area contributed by atoms with Crippen LogP contribution in [0.5, 0.6) is 23.0 Å². The van der Waals surface area contributed by atoms with E-state index < -0.39 is 18.0 Å². The molecule has 2 heterocycles. The summed E-state index contributed by atoms with van der Waals surface area (Å²) < 4.78 is 26.4. The van der Waals surface area contributed by atoms with E-state index in [-0.39, 0.29) is 13.2 Å². The summed E-state index contributed by atoms with van der Waals surface area (Å²) in [6.07, 6.45) is -1.03. The number of nitrogens with zero attached hydrogens (tertiary/aromatic N) is 1. The minimum absolute atomic E-state index is 0.0502. The number of thiazole rings is 1. The van der Waals surface area contributed by atoms with E-state index in [4.69, 9.17) is 23.7 Å². The van der Waals surface area contributed by atoms with Gasteiger partial charge in [-0.05, 0) is 37.3 Å². The van der Waals surface area contributed by atoms with Crippen molar-refractivity contribution in [2.75, 3.05) is 26.3 Å². The van der Waals surface area contributed by atoms with E-state index in [1.807, 2.05) is 12.1 Å². The average molecular weight is 471 g/mol. The number of rotatable bonds is 8. The lowest BCUT2D eigenvalue weighted by Crippen LogP contribution is -2.30. The quantitative estimate of drug-likeness (QED) is 0.497. The van der Waals surface area contributed by atoms with Crippen LogP contribution in [0.25, 0.3) is 10.6 Å². The number of amides is 1. The molecule has 33 heavy (non-hydrogen) atoms. The number of fused-ring (bicyclic) bond motifs is 1. The van der Waals surface area contributed by atoms with E-state index in [9.17, 15) is 9.59 Å². The third kappa shape index (κ3) is 5.17. The highest BCUT2D eigenvalue weighted by atomic mass is 32.1. The number of esters is 1. The predicted molar refractivity (Wildman–Crippen MR) is 121 cm³/mol. The zero-order valence-electron chi connectivity index (χ0n) is 18.2. The van der Waals surface area contributed by atoms with Crippen molar-refractivity contribution >= 4 is 28.9 Å². The molecule has 0 radical (unpaired) electrons. The van der Waals surface area contributed by atoms with Gasteiger partial charge < -0.3 is 29.0 Å². The molecule has 10 heteroatoms. The largest absolute Gasteiger partial charge is 0.493 e. The van der Waals surface area contributed by atoms with Crippen molar-refractivity contribution in [3.05, 3.63) is 47.5 Å². The maximum atomic E-state index is 12.4. The second kappa shape index (κ2) is 9.78. The van der Waals surface area contributed by atoms with Gasteiger partial charge in [-0.2, -0.15) is 0 Å². The number of anilines is 1. The van der Waals surface area contributed by atoms with Crippen molar-refractivity contribution in [1.29, 1.82) is 0 Å². The molecule has 2 aromatic carbocycles. The first-order valence-corrected chi connectivity index (χ1v) is 10.9. The molecule has 0 saturated heterocycles. The van der Waals surface area contributed by atoms with Crippen molar-refractivity contribution in [3.63, 3.8) is 0 Å². The molecule has 1 aliphatic rings. The van der Waals surface area contributed by atoms with Gasteiger partial charge in [-0.25, -0.2) is 4.98 Å². The molecule has 1 N–H and O–H groups in total. The molecule has 4 rings (SSSR count). The molecular formula is C23H22N2O7S. The predicted octanol–water partition coefficient (Wildman–Crippen LogP) is 3.67. The Kier molecular flexibility index (Phi) is 6.64. The maximum Gasteiger partial charge on any atom is 0.312 e.